The zero-order chi connectivity index (χ0) is 12.8. The van der Waals surface area contributed by atoms with Crippen LogP contribution in [-0.2, 0) is 21.2 Å². The first kappa shape index (κ1) is 13.2. The van der Waals surface area contributed by atoms with E-state index < -0.39 is 18.5 Å². The minimum atomic E-state index is -0.782. The molecule has 0 amide bonds. The van der Waals surface area contributed by atoms with Crippen molar-refractivity contribution in [2.75, 3.05) is 13.2 Å². The van der Waals surface area contributed by atoms with Crippen molar-refractivity contribution in [3.05, 3.63) is 23.2 Å². The van der Waals surface area contributed by atoms with Crippen molar-refractivity contribution in [2.24, 2.45) is 0 Å². The molecule has 0 aliphatic heterocycles. The first-order chi connectivity index (χ1) is 8.13. The lowest BCUT2D eigenvalue weighted by Crippen LogP contribution is -2.11. The summed E-state index contributed by atoms with van der Waals surface area (Å²) >= 11 is 0. The van der Waals surface area contributed by atoms with Gasteiger partial charge in [-0.2, -0.15) is 0 Å². The van der Waals surface area contributed by atoms with E-state index in [2.05, 4.69) is 0 Å². The van der Waals surface area contributed by atoms with Gasteiger partial charge in [0.15, 0.2) is 0 Å². The predicted octanol–water partition coefficient (Wildman–Crippen LogP) is 1.56. The molecule has 0 spiro atoms. The molecule has 0 aliphatic rings. The number of esters is 2. The summed E-state index contributed by atoms with van der Waals surface area (Å²) in [5, 5.41) is 10.7. The summed E-state index contributed by atoms with van der Waals surface area (Å²) in [6.07, 6.45) is 0. The van der Waals surface area contributed by atoms with Crippen LogP contribution in [0.3, 0.4) is 0 Å². The summed E-state index contributed by atoms with van der Waals surface area (Å²) in [5.74, 6) is -1.78. The largest absolute Gasteiger partial charge is 0.462 e. The fraction of sp³-hybridized carbons (Fsp3) is 0.455. The number of hydrogen-bond donors (Lipinski definition) is 0. The molecule has 1 rings (SSSR count). The second-order valence-corrected chi connectivity index (χ2v) is 3.04. The summed E-state index contributed by atoms with van der Waals surface area (Å²) in [4.78, 5) is 23.0. The molecule has 6 heteroatoms. The molecule has 17 heavy (non-hydrogen) atoms. The molecule has 0 unspecified atom stereocenters. The zero-order valence-electron chi connectivity index (χ0n) is 9.65. The molecular formula is C11H13O6. The first-order valence-electron chi connectivity index (χ1n) is 5.19. The van der Waals surface area contributed by atoms with Crippen LogP contribution in [0.5, 0.6) is 0 Å². The van der Waals surface area contributed by atoms with Gasteiger partial charge in [0.05, 0.1) is 13.2 Å². The Balaban J connectivity index is 3.05. The summed E-state index contributed by atoms with van der Waals surface area (Å²) in [7, 11) is 0. The lowest BCUT2D eigenvalue weighted by Gasteiger charge is -2.01. The van der Waals surface area contributed by atoms with Crippen molar-refractivity contribution >= 4 is 11.9 Å². The Hall–Kier alpha value is -1.82. The maximum absolute atomic E-state index is 11.5. The Labute approximate surface area is 98.1 Å². The van der Waals surface area contributed by atoms with Crippen molar-refractivity contribution in [1.29, 1.82) is 0 Å². The number of hydrogen-bond acceptors (Lipinski definition) is 5. The highest BCUT2D eigenvalue weighted by molar-refractivity contribution is 6.01. The van der Waals surface area contributed by atoms with Gasteiger partial charge in [-0.05, 0) is 19.9 Å². The highest BCUT2D eigenvalue weighted by Crippen LogP contribution is 2.18. The SMILES string of the molecule is CCOC(=O)c1cc(C[O])oc1C(=O)OCC. The summed E-state index contributed by atoms with van der Waals surface area (Å²) in [6, 6.07) is 1.21. The Morgan fingerprint density at radius 3 is 2.29 bits per heavy atom. The molecule has 0 aromatic carbocycles. The van der Waals surface area contributed by atoms with E-state index in [-0.39, 0.29) is 30.3 Å². The van der Waals surface area contributed by atoms with Crippen LogP contribution in [0.25, 0.3) is 0 Å². The molecule has 0 fully saturated rings. The minimum Gasteiger partial charge on any atom is -0.462 e. The molecule has 1 aromatic heterocycles. The van der Waals surface area contributed by atoms with Gasteiger partial charge in [-0.25, -0.2) is 14.7 Å². The Bertz CT molecular complexity index is 371. The van der Waals surface area contributed by atoms with E-state index in [0.717, 1.165) is 0 Å². The van der Waals surface area contributed by atoms with Gasteiger partial charge in [0.25, 0.3) is 0 Å². The number of carbonyl (C=O) groups excluding carboxylic acids is 2. The second kappa shape index (κ2) is 6.05. The van der Waals surface area contributed by atoms with Crippen LogP contribution >= 0.6 is 0 Å². The standard InChI is InChI=1S/C11H13O6/c1-3-15-10(13)8-5-7(6-12)17-9(8)11(14)16-4-2/h5H,3-4,6H2,1-2H3. The van der Waals surface area contributed by atoms with E-state index in [4.69, 9.17) is 13.9 Å². The van der Waals surface area contributed by atoms with Crippen molar-refractivity contribution in [1.82, 2.24) is 0 Å². The molecule has 0 N–H and O–H groups in total. The number of furan rings is 1. The fourth-order valence-corrected chi connectivity index (χ4v) is 1.22. The van der Waals surface area contributed by atoms with Gasteiger partial charge >= 0.3 is 11.9 Å². The lowest BCUT2D eigenvalue weighted by atomic mass is 10.2. The smallest absolute Gasteiger partial charge is 0.375 e. The van der Waals surface area contributed by atoms with Crippen molar-refractivity contribution in [3.8, 4) is 0 Å². The molecule has 0 aliphatic carbocycles. The Morgan fingerprint density at radius 1 is 1.18 bits per heavy atom. The maximum atomic E-state index is 11.5. The summed E-state index contributed by atoms with van der Waals surface area (Å²) < 4.78 is 14.4. The summed E-state index contributed by atoms with van der Waals surface area (Å²) in [6.45, 7) is 2.91. The van der Waals surface area contributed by atoms with Crippen molar-refractivity contribution < 1.29 is 28.6 Å². The van der Waals surface area contributed by atoms with E-state index in [1.165, 1.54) is 6.07 Å². The predicted molar refractivity (Wildman–Crippen MR) is 55.0 cm³/mol. The Kier molecular flexibility index (Phi) is 4.71. The van der Waals surface area contributed by atoms with Crippen LogP contribution in [0.1, 0.15) is 40.5 Å². The molecule has 0 bridgehead atoms. The zero-order valence-corrected chi connectivity index (χ0v) is 9.65. The van der Waals surface area contributed by atoms with Gasteiger partial charge in [-0.3, -0.25) is 0 Å². The molecule has 1 heterocycles. The van der Waals surface area contributed by atoms with Gasteiger partial charge in [-0.15, -0.1) is 0 Å². The van der Waals surface area contributed by atoms with Crippen LogP contribution in [0.2, 0.25) is 0 Å². The minimum absolute atomic E-state index is 0.00361. The molecule has 0 atom stereocenters. The van der Waals surface area contributed by atoms with Crippen LogP contribution in [-0.4, -0.2) is 25.2 Å². The third kappa shape index (κ3) is 3.07. The van der Waals surface area contributed by atoms with Crippen molar-refractivity contribution in [3.63, 3.8) is 0 Å². The van der Waals surface area contributed by atoms with Crippen LogP contribution in [0.4, 0.5) is 0 Å². The average Bonchev–Trinajstić information content (AvgIpc) is 2.73. The van der Waals surface area contributed by atoms with E-state index in [1.807, 2.05) is 0 Å². The quantitative estimate of drug-likeness (QED) is 0.730. The average molecular weight is 241 g/mol. The number of carbonyl (C=O) groups is 2. The normalized spacial score (nSPS) is 10.1. The van der Waals surface area contributed by atoms with E-state index in [0.29, 0.717) is 0 Å². The van der Waals surface area contributed by atoms with Crippen LogP contribution in [0.15, 0.2) is 10.5 Å². The van der Waals surface area contributed by atoms with Gasteiger partial charge in [0.2, 0.25) is 5.76 Å². The third-order valence-electron chi connectivity index (χ3n) is 1.88. The lowest BCUT2D eigenvalue weighted by molar-refractivity contribution is 0.0447. The Morgan fingerprint density at radius 2 is 1.76 bits per heavy atom. The monoisotopic (exact) mass is 241 g/mol. The van der Waals surface area contributed by atoms with Gasteiger partial charge in [0, 0.05) is 0 Å². The van der Waals surface area contributed by atoms with Gasteiger partial charge in [-0.1, -0.05) is 0 Å². The van der Waals surface area contributed by atoms with E-state index >= 15 is 0 Å². The molecule has 1 radical (unpaired) electrons. The summed E-state index contributed by atoms with van der Waals surface area (Å²) in [5.41, 5.74) is -0.0730. The maximum Gasteiger partial charge on any atom is 0.375 e. The molecule has 0 saturated heterocycles. The molecule has 1 aromatic rings. The molecule has 0 saturated carbocycles. The highest BCUT2D eigenvalue weighted by atomic mass is 16.5. The molecule has 6 nitrogen and oxygen atoms in total. The van der Waals surface area contributed by atoms with Gasteiger partial charge < -0.3 is 13.9 Å². The number of rotatable bonds is 5. The van der Waals surface area contributed by atoms with E-state index in [9.17, 15) is 14.7 Å². The van der Waals surface area contributed by atoms with Gasteiger partial charge in [0.1, 0.15) is 17.9 Å². The number of ether oxygens (including phenoxy) is 2. The third-order valence-corrected chi connectivity index (χ3v) is 1.88. The van der Waals surface area contributed by atoms with E-state index in [1.54, 1.807) is 13.8 Å². The first-order valence-corrected chi connectivity index (χ1v) is 5.19. The molecule has 93 valence electrons. The van der Waals surface area contributed by atoms with Crippen LogP contribution in [0, 0.1) is 0 Å². The van der Waals surface area contributed by atoms with Crippen LogP contribution < -0.4 is 0 Å². The second-order valence-electron chi connectivity index (χ2n) is 3.04. The molecular weight excluding hydrogens is 228 g/mol. The highest BCUT2D eigenvalue weighted by Gasteiger charge is 2.25. The fourth-order valence-electron chi connectivity index (χ4n) is 1.22. The topological polar surface area (TPSA) is 85.6 Å². The van der Waals surface area contributed by atoms with Crippen molar-refractivity contribution in [2.45, 2.75) is 20.5 Å².